The molecule has 0 amide bonds. The standard InChI is InChI=1S/C15H16N2O/c1-3-11-8-12(4-5-15(11)18-2)14(9-16)13-6-7-17-10-13/h4-8,10,14,17H,3H2,1-2H3. The van der Waals surface area contributed by atoms with Crippen molar-refractivity contribution in [2.75, 3.05) is 7.11 Å². The second-order valence-electron chi connectivity index (χ2n) is 4.13. The van der Waals surface area contributed by atoms with Gasteiger partial charge in [0, 0.05) is 12.4 Å². The van der Waals surface area contributed by atoms with Crippen LogP contribution in [0.4, 0.5) is 0 Å². The quantitative estimate of drug-likeness (QED) is 0.891. The zero-order valence-electron chi connectivity index (χ0n) is 10.6. The highest BCUT2D eigenvalue weighted by atomic mass is 16.5. The van der Waals surface area contributed by atoms with E-state index in [1.165, 1.54) is 0 Å². The zero-order chi connectivity index (χ0) is 13.0. The zero-order valence-corrected chi connectivity index (χ0v) is 10.6. The van der Waals surface area contributed by atoms with Gasteiger partial charge in [0.25, 0.3) is 0 Å². The lowest BCUT2D eigenvalue weighted by molar-refractivity contribution is 0.410. The van der Waals surface area contributed by atoms with E-state index >= 15 is 0 Å². The Kier molecular flexibility index (Phi) is 3.69. The summed E-state index contributed by atoms with van der Waals surface area (Å²) in [5.74, 6) is 0.652. The maximum Gasteiger partial charge on any atom is 0.122 e. The minimum absolute atomic E-state index is 0.229. The number of benzene rings is 1. The predicted octanol–water partition coefficient (Wildman–Crippen LogP) is 3.24. The van der Waals surface area contributed by atoms with Gasteiger partial charge in [0.05, 0.1) is 19.1 Å². The van der Waals surface area contributed by atoms with Gasteiger partial charge in [-0.25, -0.2) is 0 Å². The molecule has 0 aliphatic rings. The molecule has 0 saturated heterocycles. The van der Waals surface area contributed by atoms with Crippen molar-refractivity contribution in [2.45, 2.75) is 19.3 Å². The lowest BCUT2D eigenvalue weighted by Crippen LogP contribution is -1.99. The van der Waals surface area contributed by atoms with Crippen LogP contribution in [0.25, 0.3) is 0 Å². The summed E-state index contributed by atoms with van der Waals surface area (Å²) in [7, 11) is 1.67. The van der Waals surface area contributed by atoms with Crippen LogP contribution in [0.1, 0.15) is 29.5 Å². The number of nitrogens with zero attached hydrogens (tertiary/aromatic N) is 1. The van der Waals surface area contributed by atoms with Crippen LogP contribution < -0.4 is 4.74 Å². The highest BCUT2D eigenvalue weighted by molar-refractivity contribution is 5.44. The van der Waals surface area contributed by atoms with E-state index in [4.69, 9.17) is 4.74 Å². The van der Waals surface area contributed by atoms with Gasteiger partial charge in [-0.15, -0.1) is 0 Å². The molecule has 0 radical (unpaired) electrons. The molecule has 18 heavy (non-hydrogen) atoms. The molecular formula is C15H16N2O. The first-order valence-corrected chi connectivity index (χ1v) is 5.99. The van der Waals surface area contributed by atoms with Crippen molar-refractivity contribution in [3.63, 3.8) is 0 Å². The number of ether oxygens (including phenoxy) is 1. The van der Waals surface area contributed by atoms with Crippen molar-refractivity contribution >= 4 is 0 Å². The maximum atomic E-state index is 9.35. The largest absolute Gasteiger partial charge is 0.496 e. The molecule has 2 rings (SSSR count). The molecule has 1 atom stereocenters. The summed E-state index contributed by atoms with van der Waals surface area (Å²) in [6.07, 6.45) is 4.59. The van der Waals surface area contributed by atoms with E-state index in [2.05, 4.69) is 24.0 Å². The highest BCUT2D eigenvalue weighted by Gasteiger charge is 2.15. The smallest absolute Gasteiger partial charge is 0.122 e. The van der Waals surface area contributed by atoms with Crippen LogP contribution in [-0.4, -0.2) is 12.1 Å². The molecule has 0 spiro atoms. The van der Waals surface area contributed by atoms with Crippen LogP contribution in [0.15, 0.2) is 36.7 Å². The Labute approximate surface area is 107 Å². The molecule has 2 aromatic rings. The van der Waals surface area contributed by atoms with Crippen molar-refractivity contribution in [3.8, 4) is 11.8 Å². The van der Waals surface area contributed by atoms with E-state index in [0.29, 0.717) is 0 Å². The number of nitrogens with one attached hydrogen (secondary N) is 1. The fraction of sp³-hybridized carbons (Fsp3) is 0.267. The molecule has 3 nitrogen and oxygen atoms in total. The highest BCUT2D eigenvalue weighted by Crippen LogP contribution is 2.28. The SMILES string of the molecule is CCc1cc(C(C#N)c2cc[nH]c2)ccc1OC. The van der Waals surface area contributed by atoms with E-state index in [0.717, 1.165) is 28.9 Å². The van der Waals surface area contributed by atoms with Crippen LogP contribution in [0.5, 0.6) is 5.75 Å². The van der Waals surface area contributed by atoms with E-state index < -0.39 is 0 Å². The third kappa shape index (κ3) is 2.23. The topological polar surface area (TPSA) is 48.8 Å². The van der Waals surface area contributed by atoms with Gasteiger partial charge >= 0.3 is 0 Å². The molecule has 0 fully saturated rings. The van der Waals surface area contributed by atoms with Gasteiger partial charge in [-0.05, 0) is 35.2 Å². The Bertz CT molecular complexity index is 552. The fourth-order valence-electron chi connectivity index (χ4n) is 2.11. The summed E-state index contributed by atoms with van der Waals surface area (Å²) in [5.41, 5.74) is 3.13. The van der Waals surface area contributed by atoms with Gasteiger partial charge < -0.3 is 9.72 Å². The third-order valence-corrected chi connectivity index (χ3v) is 3.10. The lowest BCUT2D eigenvalue weighted by atomic mass is 9.92. The first-order chi connectivity index (χ1) is 8.80. The van der Waals surface area contributed by atoms with Crippen LogP contribution in [-0.2, 0) is 6.42 Å². The second-order valence-corrected chi connectivity index (χ2v) is 4.13. The van der Waals surface area contributed by atoms with Gasteiger partial charge in [0.2, 0.25) is 0 Å². The first kappa shape index (κ1) is 12.3. The van der Waals surface area contributed by atoms with Crippen molar-refractivity contribution in [1.82, 2.24) is 4.98 Å². The Morgan fingerprint density at radius 2 is 2.17 bits per heavy atom. The Morgan fingerprint density at radius 1 is 1.33 bits per heavy atom. The number of methoxy groups -OCH3 is 1. The number of H-pyrrole nitrogens is 1. The minimum atomic E-state index is -0.229. The second kappa shape index (κ2) is 5.42. The Morgan fingerprint density at radius 3 is 2.72 bits per heavy atom. The lowest BCUT2D eigenvalue weighted by Gasteiger charge is -2.12. The molecule has 0 aliphatic carbocycles. The molecule has 1 N–H and O–H groups in total. The number of aromatic amines is 1. The average molecular weight is 240 g/mol. The number of rotatable bonds is 4. The molecular weight excluding hydrogens is 224 g/mol. The number of aromatic nitrogens is 1. The van der Waals surface area contributed by atoms with Gasteiger partial charge in [-0.2, -0.15) is 5.26 Å². The third-order valence-electron chi connectivity index (χ3n) is 3.10. The Balaban J connectivity index is 2.41. The normalized spacial score (nSPS) is 11.8. The summed E-state index contributed by atoms with van der Waals surface area (Å²) in [5, 5.41) is 9.35. The minimum Gasteiger partial charge on any atom is -0.496 e. The summed E-state index contributed by atoms with van der Waals surface area (Å²) in [6, 6.07) is 10.2. The molecule has 1 aromatic carbocycles. The molecule has 92 valence electrons. The molecule has 0 aliphatic heterocycles. The molecule has 0 saturated carbocycles. The maximum absolute atomic E-state index is 9.35. The summed E-state index contributed by atoms with van der Waals surface area (Å²) in [6.45, 7) is 2.08. The van der Waals surface area contributed by atoms with Crippen molar-refractivity contribution in [3.05, 3.63) is 53.3 Å². The van der Waals surface area contributed by atoms with Gasteiger partial charge in [0.1, 0.15) is 5.75 Å². The molecule has 1 aromatic heterocycles. The average Bonchev–Trinajstić information content (AvgIpc) is 2.93. The van der Waals surface area contributed by atoms with Gasteiger partial charge in [0.15, 0.2) is 0 Å². The fourth-order valence-corrected chi connectivity index (χ4v) is 2.11. The van der Waals surface area contributed by atoms with Gasteiger partial charge in [-0.1, -0.05) is 19.1 Å². The summed E-state index contributed by atoms with van der Waals surface area (Å²) in [4.78, 5) is 2.99. The summed E-state index contributed by atoms with van der Waals surface area (Å²) < 4.78 is 5.31. The number of nitriles is 1. The predicted molar refractivity (Wildman–Crippen MR) is 70.6 cm³/mol. The summed E-state index contributed by atoms with van der Waals surface area (Å²) >= 11 is 0. The van der Waals surface area contributed by atoms with E-state index in [9.17, 15) is 5.26 Å². The van der Waals surface area contributed by atoms with Crippen LogP contribution in [0.2, 0.25) is 0 Å². The Hall–Kier alpha value is -2.21. The number of hydrogen-bond donors (Lipinski definition) is 1. The van der Waals surface area contributed by atoms with Crippen molar-refractivity contribution < 1.29 is 4.74 Å². The number of hydrogen-bond acceptors (Lipinski definition) is 2. The van der Waals surface area contributed by atoms with Gasteiger partial charge in [-0.3, -0.25) is 0 Å². The van der Waals surface area contributed by atoms with Crippen molar-refractivity contribution in [1.29, 1.82) is 5.26 Å². The van der Waals surface area contributed by atoms with Crippen LogP contribution in [0.3, 0.4) is 0 Å². The van der Waals surface area contributed by atoms with E-state index in [1.807, 2.05) is 30.6 Å². The molecule has 1 unspecified atom stereocenters. The van der Waals surface area contributed by atoms with Crippen LogP contribution >= 0.6 is 0 Å². The monoisotopic (exact) mass is 240 g/mol. The van der Waals surface area contributed by atoms with E-state index in [-0.39, 0.29) is 5.92 Å². The first-order valence-electron chi connectivity index (χ1n) is 5.99. The molecule has 0 bridgehead atoms. The van der Waals surface area contributed by atoms with Crippen LogP contribution in [0, 0.1) is 11.3 Å². The van der Waals surface area contributed by atoms with E-state index in [1.54, 1.807) is 7.11 Å². The molecule has 3 heteroatoms. The number of aryl methyl sites for hydroxylation is 1. The van der Waals surface area contributed by atoms with Crippen molar-refractivity contribution in [2.24, 2.45) is 0 Å². The molecule has 1 heterocycles.